The molecule has 0 saturated carbocycles. The lowest BCUT2D eigenvalue weighted by Crippen LogP contribution is -1.97. The highest BCUT2D eigenvalue weighted by atomic mass is 32.1. The molecule has 0 aliphatic rings. The molecule has 0 aliphatic carbocycles. The Morgan fingerprint density at radius 2 is 2.05 bits per heavy atom. The number of para-hydroxylation sites is 2. The maximum Gasteiger partial charge on any atom is 0.142 e. The second-order valence-electron chi connectivity index (χ2n) is 4.05. The Hall–Kier alpha value is -2.14. The van der Waals surface area contributed by atoms with Gasteiger partial charge in [0.05, 0.1) is 15.9 Å². The number of rotatable bonds is 3. The van der Waals surface area contributed by atoms with Crippen LogP contribution in [0, 0.1) is 5.82 Å². The molecule has 2 aromatic carbocycles. The molecule has 3 rings (SSSR count). The van der Waals surface area contributed by atoms with Gasteiger partial charge >= 0.3 is 0 Å². The zero-order chi connectivity index (χ0) is 13.2. The summed E-state index contributed by atoms with van der Waals surface area (Å²) in [6.07, 6.45) is 0. The van der Waals surface area contributed by atoms with Crippen LogP contribution in [0.1, 0.15) is 5.01 Å². The maximum atomic E-state index is 13.1. The van der Waals surface area contributed by atoms with Crippen molar-refractivity contribution in [2.75, 3.05) is 5.73 Å². The van der Waals surface area contributed by atoms with Gasteiger partial charge in [0.2, 0.25) is 0 Å². The van der Waals surface area contributed by atoms with Crippen molar-refractivity contribution in [1.29, 1.82) is 0 Å². The molecule has 0 saturated heterocycles. The topological polar surface area (TPSA) is 48.1 Å². The molecule has 1 aromatic heterocycles. The molecule has 96 valence electrons. The molecule has 0 aliphatic heterocycles. The molecule has 0 spiro atoms. The van der Waals surface area contributed by atoms with Gasteiger partial charge in [0.1, 0.15) is 23.2 Å². The van der Waals surface area contributed by atoms with Gasteiger partial charge in [-0.3, -0.25) is 0 Å². The zero-order valence-corrected chi connectivity index (χ0v) is 10.8. The lowest BCUT2D eigenvalue weighted by molar-refractivity contribution is 0.307. The summed E-state index contributed by atoms with van der Waals surface area (Å²) in [6, 6.07) is 11.9. The van der Waals surface area contributed by atoms with Gasteiger partial charge < -0.3 is 10.5 Å². The van der Waals surface area contributed by atoms with Crippen molar-refractivity contribution in [2.24, 2.45) is 0 Å². The van der Waals surface area contributed by atoms with Crippen LogP contribution in [0.25, 0.3) is 10.2 Å². The van der Waals surface area contributed by atoms with E-state index in [-0.39, 0.29) is 5.82 Å². The van der Waals surface area contributed by atoms with Crippen LogP contribution in [0.4, 0.5) is 10.1 Å². The fourth-order valence-electron chi connectivity index (χ4n) is 1.76. The van der Waals surface area contributed by atoms with Crippen molar-refractivity contribution in [3.63, 3.8) is 0 Å². The van der Waals surface area contributed by atoms with Crippen LogP contribution in [0.3, 0.4) is 0 Å². The Labute approximate surface area is 113 Å². The van der Waals surface area contributed by atoms with Gasteiger partial charge in [0.15, 0.2) is 0 Å². The smallest absolute Gasteiger partial charge is 0.142 e. The maximum absolute atomic E-state index is 13.1. The number of nitrogen functional groups attached to an aromatic ring is 1. The molecule has 3 nitrogen and oxygen atoms in total. The molecule has 1 heterocycles. The highest BCUT2D eigenvalue weighted by molar-refractivity contribution is 7.18. The second kappa shape index (κ2) is 4.85. The van der Waals surface area contributed by atoms with E-state index in [9.17, 15) is 4.39 Å². The second-order valence-corrected chi connectivity index (χ2v) is 5.16. The SMILES string of the molecule is Nc1ccccc1OCc1nc2cc(F)ccc2s1. The molecular weight excluding hydrogens is 263 g/mol. The van der Waals surface area contributed by atoms with Crippen molar-refractivity contribution >= 4 is 27.2 Å². The monoisotopic (exact) mass is 274 g/mol. The first kappa shape index (κ1) is 11.9. The van der Waals surface area contributed by atoms with Crippen molar-refractivity contribution in [2.45, 2.75) is 6.61 Å². The number of aromatic nitrogens is 1. The van der Waals surface area contributed by atoms with Gasteiger partial charge in [0, 0.05) is 6.07 Å². The van der Waals surface area contributed by atoms with Gasteiger partial charge in [-0.1, -0.05) is 12.1 Å². The third-order valence-electron chi connectivity index (χ3n) is 2.66. The molecular formula is C14H11FN2OS. The van der Waals surface area contributed by atoms with E-state index in [2.05, 4.69) is 4.98 Å². The van der Waals surface area contributed by atoms with Crippen LogP contribution in [0.15, 0.2) is 42.5 Å². The van der Waals surface area contributed by atoms with Crippen molar-refractivity contribution < 1.29 is 9.13 Å². The minimum absolute atomic E-state index is 0.280. The normalized spacial score (nSPS) is 10.8. The van der Waals surface area contributed by atoms with Gasteiger partial charge in [0.25, 0.3) is 0 Å². The molecule has 0 atom stereocenters. The number of ether oxygens (including phenoxy) is 1. The minimum atomic E-state index is -0.280. The molecule has 19 heavy (non-hydrogen) atoms. The fraction of sp³-hybridized carbons (Fsp3) is 0.0714. The molecule has 0 bridgehead atoms. The number of nitrogens with two attached hydrogens (primary N) is 1. The van der Waals surface area contributed by atoms with Crippen LogP contribution in [0.2, 0.25) is 0 Å². The first-order valence-electron chi connectivity index (χ1n) is 5.74. The summed E-state index contributed by atoms with van der Waals surface area (Å²) in [5.41, 5.74) is 7.04. The van der Waals surface area contributed by atoms with E-state index in [1.54, 1.807) is 12.1 Å². The Bertz CT molecular complexity index is 726. The number of halogens is 1. The number of hydrogen-bond donors (Lipinski definition) is 1. The molecule has 0 amide bonds. The van der Waals surface area contributed by atoms with Crippen molar-refractivity contribution in [3.05, 3.63) is 53.3 Å². The number of benzene rings is 2. The quantitative estimate of drug-likeness (QED) is 0.742. The average Bonchev–Trinajstić information content (AvgIpc) is 2.79. The van der Waals surface area contributed by atoms with E-state index in [0.29, 0.717) is 23.6 Å². The lowest BCUT2D eigenvalue weighted by Gasteiger charge is -2.06. The zero-order valence-electron chi connectivity index (χ0n) is 9.97. The standard InChI is InChI=1S/C14H11FN2OS/c15-9-5-6-13-11(7-9)17-14(19-13)8-18-12-4-2-1-3-10(12)16/h1-7H,8,16H2. The van der Waals surface area contributed by atoms with E-state index in [4.69, 9.17) is 10.5 Å². The summed E-state index contributed by atoms with van der Waals surface area (Å²) in [6.45, 7) is 0.329. The highest BCUT2D eigenvalue weighted by Gasteiger charge is 2.06. The molecule has 0 unspecified atom stereocenters. The lowest BCUT2D eigenvalue weighted by atomic mass is 10.3. The summed E-state index contributed by atoms with van der Waals surface area (Å²) in [4.78, 5) is 4.33. The predicted octanol–water partition coefficient (Wildman–Crippen LogP) is 3.60. The van der Waals surface area contributed by atoms with Gasteiger partial charge in [-0.25, -0.2) is 9.37 Å². The van der Waals surface area contributed by atoms with Gasteiger partial charge in [-0.15, -0.1) is 11.3 Å². The van der Waals surface area contributed by atoms with Crippen molar-refractivity contribution in [3.8, 4) is 5.75 Å². The Morgan fingerprint density at radius 3 is 2.89 bits per heavy atom. The van der Waals surface area contributed by atoms with E-state index in [0.717, 1.165) is 9.71 Å². The Kier molecular flexibility index (Phi) is 3.05. The number of thiazole rings is 1. The molecule has 0 fully saturated rings. The summed E-state index contributed by atoms with van der Waals surface area (Å²) in [5, 5.41) is 0.795. The molecule has 5 heteroatoms. The van der Waals surface area contributed by atoms with Crippen LogP contribution >= 0.6 is 11.3 Å². The average molecular weight is 274 g/mol. The largest absolute Gasteiger partial charge is 0.484 e. The number of fused-ring (bicyclic) bond motifs is 1. The number of anilines is 1. The summed E-state index contributed by atoms with van der Waals surface area (Å²) in [5.74, 6) is 0.352. The van der Waals surface area contributed by atoms with Crippen LogP contribution in [-0.4, -0.2) is 4.98 Å². The van der Waals surface area contributed by atoms with Gasteiger partial charge in [-0.05, 0) is 24.3 Å². The van der Waals surface area contributed by atoms with E-state index in [1.807, 2.05) is 18.2 Å². The number of nitrogens with zero attached hydrogens (tertiary/aromatic N) is 1. The summed E-state index contributed by atoms with van der Waals surface area (Å²) >= 11 is 1.49. The van der Waals surface area contributed by atoms with E-state index in [1.165, 1.54) is 23.5 Å². The van der Waals surface area contributed by atoms with E-state index < -0.39 is 0 Å². The fourth-order valence-corrected chi connectivity index (χ4v) is 2.62. The number of hydrogen-bond acceptors (Lipinski definition) is 4. The highest BCUT2D eigenvalue weighted by Crippen LogP contribution is 2.25. The summed E-state index contributed by atoms with van der Waals surface area (Å²) in [7, 11) is 0. The Morgan fingerprint density at radius 1 is 1.21 bits per heavy atom. The van der Waals surface area contributed by atoms with Gasteiger partial charge in [-0.2, -0.15) is 0 Å². The first-order chi connectivity index (χ1) is 9.22. The van der Waals surface area contributed by atoms with E-state index >= 15 is 0 Å². The minimum Gasteiger partial charge on any atom is -0.484 e. The van der Waals surface area contributed by atoms with Crippen LogP contribution < -0.4 is 10.5 Å². The Balaban J connectivity index is 1.80. The third kappa shape index (κ3) is 2.51. The third-order valence-corrected chi connectivity index (χ3v) is 3.67. The van der Waals surface area contributed by atoms with Crippen LogP contribution in [0.5, 0.6) is 5.75 Å². The van der Waals surface area contributed by atoms with Crippen LogP contribution in [-0.2, 0) is 6.61 Å². The predicted molar refractivity (Wildman–Crippen MR) is 74.8 cm³/mol. The molecule has 0 radical (unpaired) electrons. The summed E-state index contributed by atoms with van der Waals surface area (Å²) < 4.78 is 19.6. The van der Waals surface area contributed by atoms with Crippen molar-refractivity contribution in [1.82, 2.24) is 4.98 Å². The first-order valence-corrected chi connectivity index (χ1v) is 6.56. The molecule has 2 N–H and O–H groups in total. The molecule has 3 aromatic rings.